The van der Waals surface area contributed by atoms with E-state index in [9.17, 15) is 14.9 Å². The second-order valence-corrected chi connectivity index (χ2v) is 8.81. The highest BCUT2D eigenvalue weighted by Gasteiger charge is 2.18. The summed E-state index contributed by atoms with van der Waals surface area (Å²) in [6, 6.07) is 19.7. The minimum atomic E-state index is -0.412. The summed E-state index contributed by atoms with van der Waals surface area (Å²) < 4.78 is 3.52. The predicted octanol–water partition coefficient (Wildman–Crippen LogP) is 5.20. The standard InChI is InChI=1S/C25H20N6O3S/c1-17-14-23(27-24(32)12-11-20-8-5-13-35-20)30(28-17)25-26-21-9-2-3-10-22(21)29(25)16-18-6-4-7-19(15-18)31(33)34/h2-15H,16H2,1H3,(H,27,32). The fourth-order valence-electron chi connectivity index (χ4n) is 3.78. The molecule has 0 bridgehead atoms. The molecule has 1 amide bonds. The molecule has 0 aliphatic carbocycles. The van der Waals surface area contributed by atoms with Crippen LogP contribution in [0.25, 0.3) is 23.1 Å². The van der Waals surface area contributed by atoms with Crippen LogP contribution in [0.4, 0.5) is 11.5 Å². The predicted molar refractivity (Wildman–Crippen MR) is 136 cm³/mol. The summed E-state index contributed by atoms with van der Waals surface area (Å²) in [5, 5.41) is 20.7. The Morgan fingerprint density at radius 3 is 2.80 bits per heavy atom. The van der Waals surface area contributed by atoms with Crippen LogP contribution in [-0.4, -0.2) is 30.2 Å². The van der Waals surface area contributed by atoms with E-state index in [1.807, 2.05) is 59.3 Å². The summed E-state index contributed by atoms with van der Waals surface area (Å²) in [7, 11) is 0. The van der Waals surface area contributed by atoms with E-state index in [1.54, 1.807) is 40.3 Å². The molecule has 5 rings (SSSR count). The average molecular weight is 485 g/mol. The molecule has 0 spiro atoms. The number of amides is 1. The third-order valence-electron chi connectivity index (χ3n) is 5.31. The Morgan fingerprint density at radius 1 is 1.14 bits per heavy atom. The van der Waals surface area contributed by atoms with Crippen molar-refractivity contribution in [2.75, 3.05) is 5.32 Å². The van der Waals surface area contributed by atoms with Gasteiger partial charge in [-0.15, -0.1) is 11.3 Å². The van der Waals surface area contributed by atoms with Crippen LogP contribution in [0.15, 0.2) is 78.2 Å². The molecule has 1 N–H and O–H groups in total. The lowest BCUT2D eigenvalue weighted by atomic mass is 10.2. The number of nitrogens with zero attached hydrogens (tertiary/aromatic N) is 5. The van der Waals surface area contributed by atoms with Crippen LogP contribution in [0.5, 0.6) is 0 Å². The largest absolute Gasteiger partial charge is 0.307 e. The number of hydrogen-bond donors (Lipinski definition) is 1. The maximum Gasteiger partial charge on any atom is 0.269 e. The number of anilines is 1. The number of carbonyl (C=O) groups is 1. The quantitative estimate of drug-likeness (QED) is 0.194. The van der Waals surface area contributed by atoms with E-state index in [2.05, 4.69) is 10.4 Å². The molecule has 2 aromatic carbocycles. The Labute approximate surface area is 204 Å². The highest BCUT2D eigenvalue weighted by Crippen LogP contribution is 2.25. The fraction of sp³-hybridized carbons (Fsp3) is 0.0800. The molecule has 0 fully saturated rings. The second kappa shape index (κ2) is 9.35. The number of para-hydroxylation sites is 2. The number of rotatable bonds is 7. The number of non-ortho nitro benzene ring substituents is 1. The molecule has 0 aliphatic heterocycles. The Bertz CT molecular complexity index is 1570. The Balaban J connectivity index is 1.53. The first-order valence-corrected chi connectivity index (χ1v) is 11.6. The monoisotopic (exact) mass is 484 g/mol. The molecule has 3 heterocycles. The first-order chi connectivity index (χ1) is 17.0. The Morgan fingerprint density at radius 2 is 2.00 bits per heavy atom. The van der Waals surface area contributed by atoms with Gasteiger partial charge in [-0.25, -0.2) is 4.98 Å². The summed E-state index contributed by atoms with van der Waals surface area (Å²) in [6.45, 7) is 2.17. The van der Waals surface area contributed by atoms with Crippen LogP contribution in [0.2, 0.25) is 0 Å². The van der Waals surface area contributed by atoms with Crippen molar-refractivity contribution < 1.29 is 9.72 Å². The number of nitrogens with one attached hydrogen (secondary N) is 1. The lowest BCUT2D eigenvalue weighted by Crippen LogP contribution is -2.15. The first kappa shape index (κ1) is 22.2. The molecular formula is C25H20N6O3S. The summed E-state index contributed by atoms with van der Waals surface area (Å²) in [5.41, 5.74) is 3.07. The molecule has 0 atom stereocenters. The highest BCUT2D eigenvalue weighted by atomic mass is 32.1. The first-order valence-electron chi connectivity index (χ1n) is 10.8. The smallest absolute Gasteiger partial charge is 0.269 e. The van der Waals surface area contributed by atoms with Crippen LogP contribution in [-0.2, 0) is 11.3 Å². The zero-order chi connectivity index (χ0) is 24.4. The summed E-state index contributed by atoms with van der Waals surface area (Å²) in [5.74, 6) is 0.670. The van der Waals surface area contributed by atoms with Crippen molar-refractivity contribution in [3.63, 3.8) is 0 Å². The van der Waals surface area contributed by atoms with Crippen molar-refractivity contribution >= 4 is 45.9 Å². The van der Waals surface area contributed by atoms with E-state index in [-0.39, 0.29) is 11.6 Å². The van der Waals surface area contributed by atoms with Gasteiger partial charge in [0.25, 0.3) is 5.69 Å². The minimum absolute atomic E-state index is 0.0221. The van der Waals surface area contributed by atoms with Crippen molar-refractivity contribution in [3.05, 3.63) is 104 Å². The van der Waals surface area contributed by atoms with Crippen molar-refractivity contribution in [1.82, 2.24) is 19.3 Å². The van der Waals surface area contributed by atoms with Gasteiger partial charge in [-0.3, -0.25) is 14.9 Å². The number of nitro groups is 1. The number of aryl methyl sites for hydroxylation is 1. The van der Waals surface area contributed by atoms with Gasteiger partial charge in [0, 0.05) is 29.2 Å². The third kappa shape index (κ3) is 4.73. The van der Waals surface area contributed by atoms with Gasteiger partial charge in [-0.1, -0.05) is 30.3 Å². The minimum Gasteiger partial charge on any atom is -0.307 e. The molecule has 0 saturated carbocycles. The molecule has 5 aromatic rings. The van der Waals surface area contributed by atoms with Crippen LogP contribution in [0, 0.1) is 17.0 Å². The molecule has 35 heavy (non-hydrogen) atoms. The van der Waals surface area contributed by atoms with Crippen LogP contribution in [0.1, 0.15) is 16.1 Å². The zero-order valence-corrected chi connectivity index (χ0v) is 19.5. The van der Waals surface area contributed by atoms with E-state index >= 15 is 0 Å². The van der Waals surface area contributed by atoms with Crippen molar-refractivity contribution in [3.8, 4) is 5.95 Å². The topological polar surface area (TPSA) is 108 Å². The SMILES string of the molecule is Cc1cc(NC(=O)C=Cc2cccs2)n(-c2nc3ccccc3n2Cc2cccc([N+](=O)[O-])c2)n1. The number of benzene rings is 2. The van der Waals surface area contributed by atoms with E-state index in [1.165, 1.54) is 12.1 Å². The fourth-order valence-corrected chi connectivity index (χ4v) is 4.40. The van der Waals surface area contributed by atoms with Gasteiger partial charge in [0.05, 0.1) is 28.2 Å². The molecule has 0 saturated heterocycles. The molecule has 0 radical (unpaired) electrons. The van der Waals surface area contributed by atoms with E-state index in [0.29, 0.717) is 24.0 Å². The number of imidazole rings is 1. The average Bonchev–Trinajstić information content (AvgIpc) is 3.57. The van der Waals surface area contributed by atoms with Gasteiger partial charge in [-0.05, 0) is 42.1 Å². The van der Waals surface area contributed by atoms with Crippen molar-refractivity contribution in [1.29, 1.82) is 0 Å². The molecule has 0 unspecified atom stereocenters. The lowest BCUT2D eigenvalue weighted by Gasteiger charge is -2.12. The normalized spacial score (nSPS) is 11.3. The summed E-state index contributed by atoms with van der Waals surface area (Å²) >= 11 is 1.54. The number of thiophene rings is 1. The number of aromatic nitrogens is 4. The zero-order valence-electron chi connectivity index (χ0n) is 18.7. The maximum absolute atomic E-state index is 12.6. The number of nitro benzene ring substituents is 1. The van der Waals surface area contributed by atoms with Crippen LogP contribution >= 0.6 is 11.3 Å². The van der Waals surface area contributed by atoms with Gasteiger partial charge < -0.3 is 9.88 Å². The molecule has 9 nitrogen and oxygen atoms in total. The van der Waals surface area contributed by atoms with Gasteiger partial charge in [0.1, 0.15) is 5.82 Å². The van der Waals surface area contributed by atoms with Gasteiger partial charge in [0.15, 0.2) is 0 Å². The van der Waals surface area contributed by atoms with Gasteiger partial charge in [0.2, 0.25) is 11.9 Å². The summed E-state index contributed by atoms with van der Waals surface area (Å²) in [6.07, 6.45) is 3.23. The number of hydrogen-bond acceptors (Lipinski definition) is 6. The number of fused-ring (bicyclic) bond motifs is 1. The molecule has 3 aromatic heterocycles. The van der Waals surface area contributed by atoms with Crippen LogP contribution < -0.4 is 5.32 Å². The molecule has 10 heteroatoms. The Hall–Kier alpha value is -4.57. The second-order valence-electron chi connectivity index (χ2n) is 7.83. The summed E-state index contributed by atoms with van der Waals surface area (Å²) in [4.78, 5) is 29.2. The molecular weight excluding hydrogens is 464 g/mol. The Kier molecular flexibility index (Phi) is 5.94. The van der Waals surface area contributed by atoms with Crippen molar-refractivity contribution in [2.24, 2.45) is 0 Å². The molecule has 0 aliphatic rings. The highest BCUT2D eigenvalue weighted by molar-refractivity contribution is 7.10. The number of carbonyl (C=O) groups excluding carboxylic acids is 1. The van der Waals surface area contributed by atoms with Crippen LogP contribution in [0.3, 0.4) is 0 Å². The molecule has 174 valence electrons. The lowest BCUT2D eigenvalue weighted by molar-refractivity contribution is -0.384. The van der Waals surface area contributed by atoms with E-state index in [4.69, 9.17) is 4.98 Å². The van der Waals surface area contributed by atoms with Gasteiger partial charge >= 0.3 is 0 Å². The van der Waals surface area contributed by atoms with E-state index in [0.717, 1.165) is 21.5 Å². The van der Waals surface area contributed by atoms with Gasteiger partial charge in [-0.2, -0.15) is 9.78 Å². The van der Waals surface area contributed by atoms with Crippen molar-refractivity contribution in [2.45, 2.75) is 13.5 Å². The maximum atomic E-state index is 12.6. The third-order valence-corrected chi connectivity index (χ3v) is 6.15. The van der Waals surface area contributed by atoms with E-state index < -0.39 is 4.92 Å².